The maximum absolute atomic E-state index is 13.7. The average molecular weight is 471 g/mol. The second-order valence-electron chi connectivity index (χ2n) is 8.52. The first-order chi connectivity index (χ1) is 15.2. The largest absolute Gasteiger partial charge is 0.370 e. The lowest BCUT2D eigenvalue weighted by Crippen LogP contribution is -2.39. The molecule has 0 unspecified atom stereocenters. The second-order valence-corrected chi connectivity index (χ2v) is 10.0. The van der Waals surface area contributed by atoms with Crippen molar-refractivity contribution in [1.82, 2.24) is 9.13 Å². The topological polar surface area (TPSA) is 53.2 Å². The van der Waals surface area contributed by atoms with Gasteiger partial charge in [-0.1, -0.05) is 29.8 Å². The van der Waals surface area contributed by atoms with E-state index in [0.29, 0.717) is 34.0 Å². The molecule has 0 amide bonds. The number of aromatic nitrogens is 2. The van der Waals surface area contributed by atoms with Gasteiger partial charge in [-0.25, -0.2) is 13.8 Å². The number of fused-ring (bicyclic) bond motifs is 3. The van der Waals surface area contributed by atoms with E-state index in [4.69, 9.17) is 16.3 Å². The monoisotopic (exact) mass is 470 g/mol. The molecule has 0 fully saturated rings. The standard InChI is InChI=1S/C24H20ClFN2O3S/c1-24(2)11-18-19(13-31-24)32-22-20(18)21(29)28(17-5-3-4-15(25)10-17)23(30)27(22)12-14-6-8-16(26)9-7-14/h3-10H,11-13H2,1-2H3. The summed E-state index contributed by atoms with van der Waals surface area (Å²) in [4.78, 5) is 28.8. The first-order valence-electron chi connectivity index (χ1n) is 10.2. The molecule has 0 saturated heterocycles. The number of hydrogen-bond donors (Lipinski definition) is 0. The van der Waals surface area contributed by atoms with Gasteiger partial charge in [0.25, 0.3) is 5.56 Å². The third kappa shape index (κ3) is 3.60. The quantitative estimate of drug-likeness (QED) is 0.427. The molecule has 4 aromatic rings. The van der Waals surface area contributed by atoms with E-state index in [-0.39, 0.29) is 17.9 Å². The first kappa shape index (κ1) is 21.1. The van der Waals surface area contributed by atoms with Crippen LogP contribution >= 0.6 is 22.9 Å². The highest BCUT2D eigenvalue weighted by Gasteiger charge is 2.32. The van der Waals surface area contributed by atoms with E-state index in [9.17, 15) is 14.0 Å². The Morgan fingerprint density at radius 3 is 2.62 bits per heavy atom. The van der Waals surface area contributed by atoms with Gasteiger partial charge < -0.3 is 4.74 Å². The molecule has 0 atom stereocenters. The van der Waals surface area contributed by atoms with Gasteiger partial charge in [0, 0.05) is 16.3 Å². The van der Waals surface area contributed by atoms with Gasteiger partial charge in [-0.15, -0.1) is 11.3 Å². The third-order valence-electron chi connectivity index (χ3n) is 5.67. The number of benzene rings is 2. The molecule has 3 heterocycles. The van der Waals surface area contributed by atoms with Gasteiger partial charge in [0.05, 0.1) is 29.8 Å². The summed E-state index contributed by atoms with van der Waals surface area (Å²) in [6, 6.07) is 12.7. The number of halogens is 2. The molecule has 0 saturated carbocycles. The van der Waals surface area contributed by atoms with E-state index >= 15 is 0 Å². The fourth-order valence-electron chi connectivity index (χ4n) is 4.11. The van der Waals surface area contributed by atoms with Gasteiger partial charge >= 0.3 is 5.69 Å². The van der Waals surface area contributed by atoms with E-state index in [0.717, 1.165) is 16.0 Å². The van der Waals surface area contributed by atoms with Crippen LogP contribution in [-0.4, -0.2) is 14.7 Å². The number of nitrogens with zero attached hydrogens (tertiary/aromatic N) is 2. The molecule has 2 aromatic heterocycles. The Morgan fingerprint density at radius 2 is 1.91 bits per heavy atom. The highest BCUT2D eigenvalue weighted by molar-refractivity contribution is 7.18. The predicted octanol–water partition coefficient (Wildman–Crippen LogP) is 4.91. The fourth-order valence-corrected chi connectivity index (χ4v) is 5.51. The molecule has 5 nitrogen and oxygen atoms in total. The summed E-state index contributed by atoms with van der Waals surface area (Å²) in [5, 5.41) is 0.962. The molecule has 164 valence electrons. The van der Waals surface area contributed by atoms with Crippen molar-refractivity contribution in [1.29, 1.82) is 0 Å². The Balaban J connectivity index is 1.83. The van der Waals surface area contributed by atoms with Gasteiger partial charge in [-0.3, -0.25) is 9.36 Å². The van der Waals surface area contributed by atoms with Gasteiger partial charge in [-0.2, -0.15) is 0 Å². The van der Waals surface area contributed by atoms with Crippen LogP contribution < -0.4 is 11.2 Å². The second kappa shape index (κ2) is 7.69. The zero-order valence-corrected chi connectivity index (χ0v) is 19.1. The molecule has 0 spiro atoms. The molecule has 0 radical (unpaired) electrons. The van der Waals surface area contributed by atoms with E-state index in [1.165, 1.54) is 28.0 Å². The van der Waals surface area contributed by atoms with E-state index < -0.39 is 11.3 Å². The highest BCUT2D eigenvalue weighted by Crippen LogP contribution is 2.37. The molecular formula is C24H20ClFN2O3S. The Kier molecular flexibility index (Phi) is 5.08. The Morgan fingerprint density at radius 1 is 1.16 bits per heavy atom. The SMILES string of the molecule is CC1(C)Cc2c(sc3c2c(=O)n(-c2cccc(Cl)c2)c(=O)n3Cc2ccc(F)cc2)CO1. The average Bonchev–Trinajstić information content (AvgIpc) is 3.10. The summed E-state index contributed by atoms with van der Waals surface area (Å²) in [5.41, 5.74) is 0.856. The first-order valence-corrected chi connectivity index (χ1v) is 11.4. The van der Waals surface area contributed by atoms with Crippen LogP contribution in [0.3, 0.4) is 0 Å². The van der Waals surface area contributed by atoms with Crippen molar-refractivity contribution < 1.29 is 9.13 Å². The van der Waals surface area contributed by atoms with E-state index in [1.54, 1.807) is 41.0 Å². The Hall–Kier alpha value is -2.74. The van der Waals surface area contributed by atoms with Crippen molar-refractivity contribution in [2.75, 3.05) is 0 Å². The summed E-state index contributed by atoms with van der Waals surface area (Å²) < 4.78 is 22.1. The van der Waals surface area contributed by atoms with Gasteiger partial charge in [0.2, 0.25) is 0 Å². The molecule has 8 heteroatoms. The maximum Gasteiger partial charge on any atom is 0.337 e. The highest BCUT2D eigenvalue weighted by atomic mass is 35.5. The number of ether oxygens (including phenoxy) is 1. The van der Waals surface area contributed by atoms with E-state index in [2.05, 4.69) is 0 Å². The van der Waals surface area contributed by atoms with Crippen molar-refractivity contribution in [2.24, 2.45) is 0 Å². The van der Waals surface area contributed by atoms with Crippen LogP contribution in [0.4, 0.5) is 4.39 Å². The third-order valence-corrected chi connectivity index (χ3v) is 7.14. The molecule has 0 aliphatic carbocycles. The van der Waals surface area contributed by atoms with Crippen molar-refractivity contribution in [3.05, 3.63) is 96.2 Å². The lowest BCUT2D eigenvalue weighted by Gasteiger charge is -2.29. The summed E-state index contributed by atoms with van der Waals surface area (Å²) in [7, 11) is 0. The van der Waals surface area contributed by atoms with Crippen molar-refractivity contribution in [3.63, 3.8) is 0 Å². The van der Waals surface area contributed by atoms with Crippen molar-refractivity contribution in [2.45, 2.75) is 39.0 Å². The van der Waals surface area contributed by atoms with Crippen LogP contribution in [0.5, 0.6) is 0 Å². The molecule has 0 N–H and O–H groups in total. The molecule has 1 aliphatic rings. The summed E-state index contributed by atoms with van der Waals surface area (Å²) in [6.07, 6.45) is 0.571. The summed E-state index contributed by atoms with van der Waals surface area (Å²) in [5.74, 6) is -0.346. The molecule has 2 aromatic carbocycles. The fraction of sp³-hybridized carbons (Fsp3) is 0.250. The number of hydrogen-bond acceptors (Lipinski definition) is 4. The minimum Gasteiger partial charge on any atom is -0.370 e. The van der Waals surface area contributed by atoms with Crippen LogP contribution in [0, 0.1) is 5.82 Å². The van der Waals surface area contributed by atoms with Crippen LogP contribution in [0.25, 0.3) is 15.9 Å². The van der Waals surface area contributed by atoms with E-state index in [1.807, 2.05) is 13.8 Å². The summed E-state index contributed by atoms with van der Waals surface area (Å²) >= 11 is 7.57. The Labute approximate surface area is 192 Å². The van der Waals surface area contributed by atoms with Gasteiger partial charge in [0.1, 0.15) is 10.6 Å². The zero-order chi connectivity index (χ0) is 22.6. The smallest absolute Gasteiger partial charge is 0.337 e. The molecule has 5 rings (SSSR count). The lowest BCUT2D eigenvalue weighted by molar-refractivity contribution is -0.0379. The summed E-state index contributed by atoms with van der Waals surface area (Å²) in [6.45, 7) is 4.58. The zero-order valence-electron chi connectivity index (χ0n) is 17.5. The normalized spacial score (nSPS) is 15.1. The minimum absolute atomic E-state index is 0.208. The lowest BCUT2D eigenvalue weighted by atomic mass is 9.94. The van der Waals surface area contributed by atoms with Gasteiger partial charge in [-0.05, 0) is 55.3 Å². The minimum atomic E-state index is -0.465. The van der Waals surface area contributed by atoms with Crippen LogP contribution in [0.2, 0.25) is 5.02 Å². The number of thiophene rings is 1. The Bertz CT molecular complexity index is 1470. The number of rotatable bonds is 3. The van der Waals surface area contributed by atoms with Crippen molar-refractivity contribution in [3.8, 4) is 5.69 Å². The van der Waals surface area contributed by atoms with Crippen LogP contribution in [-0.2, 0) is 24.3 Å². The predicted molar refractivity (Wildman–Crippen MR) is 125 cm³/mol. The van der Waals surface area contributed by atoms with Gasteiger partial charge in [0.15, 0.2) is 0 Å². The van der Waals surface area contributed by atoms with Crippen molar-refractivity contribution >= 4 is 33.2 Å². The maximum atomic E-state index is 13.7. The molecule has 0 bridgehead atoms. The van der Waals surface area contributed by atoms with Crippen LogP contribution in [0.15, 0.2) is 58.1 Å². The molecule has 32 heavy (non-hydrogen) atoms. The van der Waals surface area contributed by atoms with Crippen LogP contribution in [0.1, 0.15) is 29.9 Å². The molecular weight excluding hydrogens is 451 g/mol. The molecule has 1 aliphatic heterocycles.